The molecule has 0 fully saturated rings. The summed E-state index contributed by atoms with van der Waals surface area (Å²) in [5.41, 5.74) is 0. The van der Waals surface area contributed by atoms with Gasteiger partial charge in [-0.25, -0.2) is 4.98 Å². The van der Waals surface area contributed by atoms with Gasteiger partial charge in [0, 0.05) is 17.1 Å². The number of aromatic nitrogens is 1. The fraction of sp³-hybridized carbons (Fsp3) is 0.750. The number of nitrogens with zero attached hydrogens (tertiary/aromatic N) is 1. The van der Waals surface area contributed by atoms with Gasteiger partial charge in [-0.3, -0.25) is 0 Å². The van der Waals surface area contributed by atoms with Crippen LogP contribution < -0.4 is 5.32 Å². The number of thiazole rings is 1. The van der Waals surface area contributed by atoms with Gasteiger partial charge in [-0.05, 0) is 26.3 Å². The summed E-state index contributed by atoms with van der Waals surface area (Å²) in [6, 6.07) is 0.524. The fourth-order valence-corrected chi connectivity index (χ4v) is 2.51. The lowest BCUT2D eigenvalue weighted by molar-refractivity contribution is 0.487. The summed E-state index contributed by atoms with van der Waals surface area (Å²) in [7, 11) is 0. The molecule has 15 heavy (non-hydrogen) atoms. The van der Waals surface area contributed by atoms with E-state index >= 15 is 0 Å². The van der Waals surface area contributed by atoms with Crippen molar-refractivity contribution in [2.45, 2.75) is 52.5 Å². The van der Waals surface area contributed by atoms with E-state index in [4.69, 9.17) is 0 Å². The zero-order valence-corrected chi connectivity index (χ0v) is 10.9. The van der Waals surface area contributed by atoms with Crippen molar-refractivity contribution in [2.24, 2.45) is 0 Å². The molecule has 0 saturated carbocycles. The zero-order valence-electron chi connectivity index (χ0n) is 10.0. The standard InChI is InChI=1S/C12H22N2S/c1-4-6-7-11(13-8-5-2)12-9-14-10(3)15-12/h9,11,13H,4-8H2,1-3H3. The van der Waals surface area contributed by atoms with Crippen molar-refractivity contribution >= 4 is 11.3 Å². The van der Waals surface area contributed by atoms with Gasteiger partial charge in [-0.1, -0.05) is 26.7 Å². The topological polar surface area (TPSA) is 24.9 Å². The predicted octanol–water partition coefficient (Wildman–Crippen LogP) is 3.68. The summed E-state index contributed by atoms with van der Waals surface area (Å²) >= 11 is 1.82. The average Bonchev–Trinajstić information content (AvgIpc) is 2.65. The molecule has 1 N–H and O–H groups in total. The van der Waals surface area contributed by atoms with Crippen LogP contribution in [-0.4, -0.2) is 11.5 Å². The number of nitrogens with one attached hydrogen (secondary N) is 1. The zero-order chi connectivity index (χ0) is 11.1. The summed E-state index contributed by atoms with van der Waals surface area (Å²) in [4.78, 5) is 5.73. The molecule has 0 saturated heterocycles. The van der Waals surface area contributed by atoms with Gasteiger partial charge >= 0.3 is 0 Å². The molecule has 1 unspecified atom stereocenters. The van der Waals surface area contributed by atoms with Crippen molar-refractivity contribution in [3.8, 4) is 0 Å². The Balaban J connectivity index is 2.54. The minimum atomic E-state index is 0.524. The molecule has 1 atom stereocenters. The molecule has 1 aromatic rings. The van der Waals surface area contributed by atoms with Crippen LogP contribution in [0.4, 0.5) is 0 Å². The van der Waals surface area contributed by atoms with E-state index in [0.717, 1.165) is 6.54 Å². The normalized spacial score (nSPS) is 13.0. The van der Waals surface area contributed by atoms with E-state index in [0.29, 0.717) is 6.04 Å². The molecule has 2 nitrogen and oxygen atoms in total. The highest BCUT2D eigenvalue weighted by Crippen LogP contribution is 2.24. The third-order valence-corrected chi connectivity index (χ3v) is 3.50. The Morgan fingerprint density at radius 2 is 2.20 bits per heavy atom. The number of hydrogen-bond donors (Lipinski definition) is 1. The molecule has 3 heteroatoms. The van der Waals surface area contributed by atoms with Crippen LogP contribution in [0.25, 0.3) is 0 Å². The van der Waals surface area contributed by atoms with Crippen LogP contribution in [0, 0.1) is 6.92 Å². The van der Waals surface area contributed by atoms with Crippen molar-refractivity contribution in [2.75, 3.05) is 6.54 Å². The molecular weight excluding hydrogens is 204 g/mol. The van der Waals surface area contributed by atoms with Crippen molar-refractivity contribution < 1.29 is 0 Å². The van der Waals surface area contributed by atoms with E-state index in [1.165, 1.54) is 35.6 Å². The Labute approximate surface area is 97.1 Å². The third-order valence-electron chi connectivity index (χ3n) is 2.47. The quantitative estimate of drug-likeness (QED) is 0.767. The van der Waals surface area contributed by atoms with Gasteiger partial charge in [0.1, 0.15) is 0 Å². The maximum absolute atomic E-state index is 4.33. The Morgan fingerprint density at radius 1 is 1.40 bits per heavy atom. The Morgan fingerprint density at radius 3 is 2.73 bits per heavy atom. The SMILES string of the molecule is CCCCC(NCCC)c1cnc(C)s1. The Hall–Kier alpha value is -0.410. The first kappa shape index (κ1) is 12.7. The van der Waals surface area contributed by atoms with E-state index in [-0.39, 0.29) is 0 Å². The highest BCUT2D eigenvalue weighted by Gasteiger charge is 2.12. The second-order valence-corrected chi connectivity index (χ2v) is 5.20. The highest BCUT2D eigenvalue weighted by atomic mass is 32.1. The Kier molecular flexibility index (Phi) is 5.88. The van der Waals surface area contributed by atoms with Gasteiger partial charge in [0.25, 0.3) is 0 Å². The lowest BCUT2D eigenvalue weighted by atomic mass is 10.1. The summed E-state index contributed by atoms with van der Waals surface area (Å²) < 4.78 is 0. The molecule has 0 radical (unpaired) electrons. The lowest BCUT2D eigenvalue weighted by Gasteiger charge is -2.16. The second kappa shape index (κ2) is 6.96. The summed E-state index contributed by atoms with van der Waals surface area (Å²) in [6.45, 7) is 7.63. The summed E-state index contributed by atoms with van der Waals surface area (Å²) in [6.07, 6.45) is 7.02. The molecule has 1 aromatic heterocycles. The van der Waals surface area contributed by atoms with E-state index < -0.39 is 0 Å². The molecule has 0 aliphatic carbocycles. The van der Waals surface area contributed by atoms with Crippen LogP contribution in [0.15, 0.2) is 6.20 Å². The number of rotatable bonds is 7. The first-order valence-corrected chi connectivity index (χ1v) is 6.75. The summed E-state index contributed by atoms with van der Waals surface area (Å²) in [5, 5.41) is 4.78. The highest BCUT2D eigenvalue weighted by molar-refractivity contribution is 7.11. The molecule has 0 aromatic carbocycles. The van der Waals surface area contributed by atoms with E-state index in [9.17, 15) is 0 Å². The fourth-order valence-electron chi connectivity index (χ4n) is 1.61. The maximum Gasteiger partial charge on any atom is 0.0897 e. The molecule has 1 rings (SSSR count). The van der Waals surface area contributed by atoms with Crippen LogP contribution >= 0.6 is 11.3 Å². The molecule has 0 bridgehead atoms. The molecule has 0 aliphatic rings. The van der Waals surface area contributed by atoms with Gasteiger partial charge in [-0.15, -0.1) is 11.3 Å². The average molecular weight is 226 g/mol. The number of unbranched alkanes of at least 4 members (excludes halogenated alkanes) is 1. The van der Waals surface area contributed by atoms with Gasteiger partial charge in [-0.2, -0.15) is 0 Å². The second-order valence-electron chi connectivity index (χ2n) is 3.93. The molecule has 86 valence electrons. The minimum Gasteiger partial charge on any atom is -0.309 e. The van der Waals surface area contributed by atoms with Crippen LogP contribution in [0.5, 0.6) is 0 Å². The molecule has 0 spiro atoms. The van der Waals surface area contributed by atoms with Crippen molar-refractivity contribution in [1.82, 2.24) is 10.3 Å². The van der Waals surface area contributed by atoms with Gasteiger partial charge in [0.2, 0.25) is 0 Å². The number of hydrogen-bond acceptors (Lipinski definition) is 3. The largest absolute Gasteiger partial charge is 0.309 e. The van der Waals surface area contributed by atoms with Gasteiger partial charge < -0.3 is 5.32 Å². The molecule has 1 heterocycles. The smallest absolute Gasteiger partial charge is 0.0897 e. The lowest BCUT2D eigenvalue weighted by Crippen LogP contribution is -2.21. The van der Waals surface area contributed by atoms with Crippen LogP contribution in [-0.2, 0) is 0 Å². The van der Waals surface area contributed by atoms with E-state index in [1.807, 2.05) is 17.5 Å². The van der Waals surface area contributed by atoms with Crippen molar-refractivity contribution in [3.05, 3.63) is 16.1 Å². The van der Waals surface area contributed by atoms with E-state index in [1.54, 1.807) is 0 Å². The van der Waals surface area contributed by atoms with Crippen LogP contribution in [0.2, 0.25) is 0 Å². The van der Waals surface area contributed by atoms with Crippen LogP contribution in [0.3, 0.4) is 0 Å². The predicted molar refractivity (Wildman–Crippen MR) is 67.4 cm³/mol. The van der Waals surface area contributed by atoms with E-state index in [2.05, 4.69) is 31.1 Å². The first-order valence-electron chi connectivity index (χ1n) is 5.93. The van der Waals surface area contributed by atoms with Gasteiger partial charge in [0.05, 0.1) is 5.01 Å². The molecule has 0 aliphatic heterocycles. The number of aryl methyl sites for hydroxylation is 1. The third kappa shape index (κ3) is 4.31. The monoisotopic (exact) mass is 226 g/mol. The Bertz CT molecular complexity index is 262. The first-order chi connectivity index (χ1) is 7.27. The summed E-state index contributed by atoms with van der Waals surface area (Å²) in [5.74, 6) is 0. The van der Waals surface area contributed by atoms with Crippen LogP contribution in [0.1, 0.15) is 55.5 Å². The molecule has 0 amide bonds. The van der Waals surface area contributed by atoms with Crippen molar-refractivity contribution in [1.29, 1.82) is 0 Å². The van der Waals surface area contributed by atoms with Gasteiger partial charge in [0.15, 0.2) is 0 Å². The molecular formula is C12H22N2S. The minimum absolute atomic E-state index is 0.524. The van der Waals surface area contributed by atoms with Crippen molar-refractivity contribution in [3.63, 3.8) is 0 Å². The maximum atomic E-state index is 4.33.